The minimum Gasteiger partial charge on any atom is -0.478 e. The van der Waals surface area contributed by atoms with Gasteiger partial charge in [0.1, 0.15) is 5.69 Å². The van der Waals surface area contributed by atoms with E-state index in [1.165, 1.54) is 18.2 Å². The molecule has 116 valence electrons. The lowest BCUT2D eigenvalue weighted by Crippen LogP contribution is -2.24. The molecule has 0 heterocycles. The first-order valence-electron chi connectivity index (χ1n) is 6.63. The van der Waals surface area contributed by atoms with Gasteiger partial charge in [-0.1, -0.05) is 13.8 Å². The van der Waals surface area contributed by atoms with E-state index in [0.717, 1.165) is 6.42 Å². The van der Waals surface area contributed by atoms with Crippen LogP contribution in [0.25, 0.3) is 0 Å². The fourth-order valence-electron chi connectivity index (χ4n) is 1.95. The van der Waals surface area contributed by atoms with Crippen molar-refractivity contribution in [2.24, 2.45) is 5.41 Å². The average Bonchev–Trinajstić information content (AvgIpc) is 2.42. The number of hydrogen-bond acceptors (Lipinski definition) is 5. The van der Waals surface area contributed by atoms with E-state index in [-0.39, 0.29) is 29.0 Å². The number of benzene rings is 1. The maximum absolute atomic E-state index is 11.0. The van der Waals surface area contributed by atoms with Crippen molar-refractivity contribution in [3.05, 3.63) is 33.9 Å². The van der Waals surface area contributed by atoms with Crippen molar-refractivity contribution in [2.45, 2.75) is 26.7 Å². The van der Waals surface area contributed by atoms with Gasteiger partial charge in [-0.05, 0) is 30.4 Å². The van der Waals surface area contributed by atoms with Crippen LogP contribution in [0.1, 0.15) is 37.0 Å². The molecule has 0 amide bonds. The summed E-state index contributed by atoms with van der Waals surface area (Å²) in [7, 11) is 0. The summed E-state index contributed by atoms with van der Waals surface area (Å²) in [6, 6.07) is 3.66. The summed E-state index contributed by atoms with van der Waals surface area (Å²) in [4.78, 5) is 21.4. The molecule has 1 aromatic carbocycles. The van der Waals surface area contributed by atoms with Crippen LogP contribution >= 0.6 is 0 Å². The molecule has 0 aliphatic heterocycles. The molecule has 0 bridgehead atoms. The number of carbonyl (C=O) groups is 1. The molecular weight excluding hydrogens is 276 g/mol. The Hall–Kier alpha value is -2.15. The average molecular weight is 296 g/mol. The number of aliphatic hydroxyl groups is 1. The number of aromatic carboxylic acids is 1. The highest BCUT2D eigenvalue weighted by Gasteiger charge is 2.21. The van der Waals surface area contributed by atoms with E-state index in [9.17, 15) is 14.9 Å². The van der Waals surface area contributed by atoms with E-state index in [0.29, 0.717) is 13.0 Å². The van der Waals surface area contributed by atoms with Crippen LogP contribution in [0.3, 0.4) is 0 Å². The predicted molar refractivity (Wildman–Crippen MR) is 78.6 cm³/mol. The van der Waals surface area contributed by atoms with Gasteiger partial charge in [-0.25, -0.2) is 4.79 Å². The molecule has 0 aliphatic rings. The molecule has 21 heavy (non-hydrogen) atoms. The van der Waals surface area contributed by atoms with E-state index >= 15 is 0 Å². The number of anilines is 1. The molecule has 0 saturated carbocycles. The number of carboxylic acids is 1. The first kappa shape index (κ1) is 16.9. The Morgan fingerprint density at radius 1 is 1.43 bits per heavy atom. The molecule has 0 saturated heterocycles. The van der Waals surface area contributed by atoms with Crippen LogP contribution < -0.4 is 5.32 Å². The molecular formula is C14H20N2O5. The highest BCUT2D eigenvalue weighted by Crippen LogP contribution is 2.28. The number of nitro benzene ring substituents is 1. The quantitative estimate of drug-likeness (QED) is 0.502. The number of carboxylic acid groups (broad SMARTS) is 1. The van der Waals surface area contributed by atoms with Gasteiger partial charge < -0.3 is 15.5 Å². The molecule has 7 heteroatoms. The van der Waals surface area contributed by atoms with Crippen LogP contribution in [0.15, 0.2) is 18.2 Å². The fraction of sp³-hybridized carbons (Fsp3) is 0.500. The number of nitro groups is 1. The molecule has 1 aromatic rings. The Morgan fingerprint density at radius 2 is 2.10 bits per heavy atom. The van der Waals surface area contributed by atoms with Gasteiger partial charge in [0.2, 0.25) is 0 Å². The van der Waals surface area contributed by atoms with Gasteiger partial charge >= 0.3 is 5.97 Å². The van der Waals surface area contributed by atoms with Gasteiger partial charge in [-0.2, -0.15) is 0 Å². The monoisotopic (exact) mass is 296 g/mol. The van der Waals surface area contributed by atoms with E-state index in [1.54, 1.807) is 0 Å². The third-order valence-electron chi connectivity index (χ3n) is 3.21. The van der Waals surface area contributed by atoms with Crippen LogP contribution in [0.4, 0.5) is 11.4 Å². The third-order valence-corrected chi connectivity index (χ3v) is 3.21. The first-order valence-corrected chi connectivity index (χ1v) is 6.63. The molecule has 0 spiro atoms. The van der Waals surface area contributed by atoms with Crippen molar-refractivity contribution < 1.29 is 19.9 Å². The number of nitrogens with zero attached hydrogens (tertiary/aromatic N) is 1. The van der Waals surface area contributed by atoms with Gasteiger partial charge in [-0.3, -0.25) is 10.1 Å². The lowest BCUT2D eigenvalue weighted by atomic mass is 9.88. The zero-order chi connectivity index (χ0) is 16.0. The second-order valence-electron chi connectivity index (χ2n) is 5.64. The zero-order valence-corrected chi connectivity index (χ0v) is 12.1. The highest BCUT2D eigenvalue weighted by molar-refractivity contribution is 5.90. The van der Waals surface area contributed by atoms with Gasteiger partial charge in [-0.15, -0.1) is 0 Å². The predicted octanol–water partition coefficient (Wildman–Crippen LogP) is 2.50. The van der Waals surface area contributed by atoms with Gasteiger partial charge in [0, 0.05) is 19.2 Å². The van der Waals surface area contributed by atoms with Crippen LogP contribution in [-0.4, -0.2) is 34.3 Å². The van der Waals surface area contributed by atoms with Gasteiger partial charge in [0.25, 0.3) is 5.69 Å². The van der Waals surface area contributed by atoms with E-state index < -0.39 is 10.9 Å². The summed E-state index contributed by atoms with van der Waals surface area (Å²) >= 11 is 0. The zero-order valence-electron chi connectivity index (χ0n) is 12.1. The molecule has 0 radical (unpaired) electrons. The van der Waals surface area contributed by atoms with Crippen LogP contribution in [-0.2, 0) is 0 Å². The van der Waals surface area contributed by atoms with Crippen molar-refractivity contribution in [1.82, 2.24) is 0 Å². The van der Waals surface area contributed by atoms with Gasteiger partial charge in [0.05, 0.1) is 10.5 Å². The molecule has 3 N–H and O–H groups in total. The molecule has 0 unspecified atom stereocenters. The van der Waals surface area contributed by atoms with Crippen LogP contribution in [0, 0.1) is 15.5 Å². The normalized spacial score (nSPS) is 11.2. The molecule has 0 aromatic heterocycles. The van der Waals surface area contributed by atoms with E-state index in [1.807, 2.05) is 13.8 Å². The smallest absolute Gasteiger partial charge is 0.335 e. The maximum atomic E-state index is 11.0. The van der Waals surface area contributed by atoms with Crippen LogP contribution in [0.2, 0.25) is 0 Å². The topological polar surface area (TPSA) is 113 Å². The Labute approximate surface area is 122 Å². The number of aliphatic hydroxyl groups excluding tert-OH is 1. The number of hydrogen-bond donors (Lipinski definition) is 3. The molecule has 7 nitrogen and oxygen atoms in total. The SMILES string of the molecule is CC(C)(CCCO)CNc1cc(C(=O)O)ccc1[N+](=O)[O-]. The summed E-state index contributed by atoms with van der Waals surface area (Å²) in [6.07, 6.45) is 1.40. The third kappa shape index (κ3) is 5.03. The summed E-state index contributed by atoms with van der Waals surface area (Å²) in [5, 5.41) is 31.7. The fourth-order valence-corrected chi connectivity index (χ4v) is 1.95. The van der Waals surface area contributed by atoms with Crippen molar-refractivity contribution in [3.8, 4) is 0 Å². The maximum Gasteiger partial charge on any atom is 0.335 e. The van der Waals surface area contributed by atoms with Crippen molar-refractivity contribution in [1.29, 1.82) is 0 Å². The Morgan fingerprint density at radius 3 is 2.62 bits per heavy atom. The summed E-state index contributed by atoms with van der Waals surface area (Å²) in [5.41, 5.74) is -0.137. The minimum absolute atomic E-state index is 0.00346. The van der Waals surface area contributed by atoms with Crippen molar-refractivity contribution >= 4 is 17.3 Å². The summed E-state index contributed by atoms with van der Waals surface area (Å²) in [6.45, 7) is 4.49. The molecule has 0 aliphatic carbocycles. The first-order chi connectivity index (χ1) is 9.76. The Bertz CT molecular complexity index is 528. The molecule has 1 rings (SSSR count). The number of rotatable bonds is 8. The summed E-state index contributed by atoms with van der Waals surface area (Å²) in [5.74, 6) is -1.13. The lowest BCUT2D eigenvalue weighted by Gasteiger charge is -2.25. The lowest BCUT2D eigenvalue weighted by molar-refractivity contribution is -0.384. The van der Waals surface area contributed by atoms with Crippen LogP contribution in [0.5, 0.6) is 0 Å². The van der Waals surface area contributed by atoms with E-state index in [2.05, 4.69) is 5.32 Å². The standard InChI is InChI=1S/C14H20N2O5/c1-14(2,6-3-7-17)9-15-11-8-10(13(18)19)4-5-12(11)16(20)21/h4-5,8,15,17H,3,6-7,9H2,1-2H3,(H,18,19). The Kier molecular flexibility index (Phi) is 5.66. The Balaban J connectivity index is 2.92. The summed E-state index contributed by atoms with van der Waals surface area (Å²) < 4.78 is 0. The second-order valence-corrected chi connectivity index (χ2v) is 5.64. The second kappa shape index (κ2) is 7.03. The largest absolute Gasteiger partial charge is 0.478 e. The highest BCUT2D eigenvalue weighted by atomic mass is 16.6. The van der Waals surface area contributed by atoms with Crippen molar-refractivity contribution in [2.75, 3.05) is 18.5 Å². The minimum atomic E-state index is -1.13. The molecule has 0 fully saturated rings. The van der Waals surface area contributed by atoms with Gasteiger partial charge in [0.15, 0.2) is 0 Å². The van der Waals surface area contributed by atoms with Crippen molar-refractivity contribution in [3.63, 3.8) is 0 Å². The number of nitrogens with one attached hydrogen (secondary N) is 1. The molecule has 0 atom stereocenters. The van der Waals surface area contributed by atoms with E-state index in [4.69, 9.17) is 10.2 Å².